The fourth-order valence-electron chi connectivity index (χ4n) is 2.92. The van der Waals surface area contributed by atoms with Crippen LogP contribution in [0.15, 0.2) is 35.2 Å². The maximum Gasteiger partial charge on any atom is 0.0469 e. The molecule has 20 heavy (non-hydrogen) atoms. The molecule has 1 saturated carbocycles. The van der Waals surface area contributed by atoms with Crippen molar-refractivity contribution in [3.05, 3.63) is 30.3 Å². The number of hydrogen-bond acceptors (Lipinski definition) is 3. The van der Waals surface area contributed by atoms with Gasteiger partial charge >= 0.3 is 0 Å². The zero-order valence-corrected chi connectivity index (χ0v) is 13.1. The third-order valence-electron chi connectivity index (χ3n) is 4.60. The summed E-state index contributed by atoms with van der Waals surface area (Å²) >= 11 is 2.06. The van der Waals surface area contributed by atoms with Crippen LogP contribution in [-0.4, -0.2) is 30.5 Å². The lowest BCUT2D eigenvalue weighted by molar-refractivity contribution is 0.0560. The first kappa shape index (κ1) is 14.4. The Kier molecular flexibility index (Phi) is 4.69. The predicted octanol–water partition coefficient (Wildman–Crippen LogP) is 3.72. The molecule has 0 amide bonds. The van der Waals surface area contributed by atoms with Crippen molar-refractivity contribution in [3.8, 4) is 0 Å². The van der Waals surface area contributed by atoms with Crippen molar-refractivity contribution in [2.75, 3.05) is 19.8 Å². The van der Waals surface area contributed by atoms with Crippen LogP contribution in [-0.2, 0) is 4.74 Å². The zero-order chi connectivity index (χ0) is 13.8. The summed E-state index contributed by atoms with van der Waals surface area (Å²) < 4.78 is 5.91. The van der Waals surface area contributed by atoms with Crippen molar-refractivity contribution in [1.29, 1.82) is 0 Å². The molecular weight excluding hydrogens is 266 g/mol. The molecule has 1 saturated heterocycles. The van der Waals surface area contributed by atoms with Crippen LogP contribution in [0.5, 0.6) is 0 Å². The Balaban J connectivity index is 1.47. The van der Waals surface area contributed by atoms with Crippen LogP contribution >= 0.6 is 11.8 Å². The first-order valence-electron chi connectivity index (χ1n) is 7.83. The van der Waals surface area contributed by atoms with E-state index in [1.807, 2.05) is 0 Å². The van der Waals surface area contributed by atoms with E-state index >= 15 is 0 Å². The van der Waals surface area contributed by atoms with Gasteiger partial charge in [-0.1, -0.05) is 18.2 Å². The van der Waals surface area contributed by atoms with Gasteiger partial charge in [0.05, 0.1) is 0 Å². The van der Waals surface area contributed by atoms with Crippen LogP contribution in [0.25, 0.3) is 0 Å². The maximum absolute atomic E-state index is 5.45. The number of thioether (sulfide) groups is 1. The lowest BCUT2D eigenvalue weighted by Crippen LogP contribution is -2.40. The molecule has 1 aromatic rings. The van der Waals surface area contributed by atoms with E-state index in [1.54, 1.807) is 0 Å². The van der Waals surface area contributed by atoms with Crippen molar-refractivity contribution in [1.82, 2.24) is 5.32 Å². The van der Waals surface area contributed by atoms with E-state index in [4.69, 9.17) is 4.74 Å². The summed E-state index contributed by atoms with van der Waals surface area (Å²) in [4.78, 5) is 1.41. The van der Waals surface area contributed by atoms with E-state index in [1.165, 1.54) is 30.6 Å². The van der Waals surface area contributed by atoms with Crippen molar-refractivity contribution in [2.45, 2.75) is 48.3 Å². The molecule has 2 aliphatic rings. The minimum Gasteiger partial charge on any atom is -0.381 e. The number of nitrogens with one attached hydrogen (secondary N) is 1. The van der Waals surface area contributed by atoms with Gasteiger partial charge in [0.1, 0.15) is 0 Å². The molecule has 1 N–H and O–H groups in total. The third kappa shape index (κ3) is 3.78. The first-order chi connectivity index (χ1) is 9.77. The van der Waals surface area contributed by atoms with Gasteiger partial charge < -0.3 is 10.1 Å². The van der Waals surface area contributed by atoms with Crippen LogP contribution in [0.4, 0.5) is 0 Å². The molecule has 1 heterocycles. The summed E-state index contributed by atoms with van der Waals surface area (Å²) in [6, 6.07) is 11.4. The second-order valence-corrected chi connectivity index (χ2v) is 7.76. The highest BCUT2D eigenvalue weighted by Crippen LogP contribution is 2.51. The summed E-state index contributed by atoms with van der Waals surface area (Å²) in [6.45, 7) is 5.38. The number of rotatable bonds is 6. The Morgan fingerprint density at radius 2 is 1.95 bits per heavy atom. The molecule has 0 unspecified atom stereocenters. The van der Waals surface area contributed by atoms with Gasteiger partial charge in [0, 0.05) is 35.4 Å². The van der Waals surface area contributed by atoms with Crippen molar-refractivity contribution >= 4 is 11.8 Å². The van der Waals surface area contributed by atoms with Crippen molar-refractivity contribution in [3.63, 3.8) is 0 Å². The molecule has 1 aliphatic heterocycles. The highest BCUT2D eigenvalue weighted by Gasteiger charge is 2.43. The Bertz CT molecular complexity index is 412. The molecule has 1 atom stereocenters. The van der Waals surface area contributed by atoms with Crippen molar-refractivity contribution < 1.29 is 4.74 Å². The lowest BCUT2D eigenvalue weighted by atomic mass is 9.93. The average molecular weight is 291 g/mol. The maximum atomic E-state index is 5.45. The lowest BCUT2D eigenvalue weighted by Gasteiger charge is -2.30. The largest absolute Gasteiger partial charge is 0.381 e. The van der Waals surface area contributed by atoms with E-state index in [0.717, 1.165) is 25.7 Å². The smallest absolute Gasteiger partial charge is 0.0469 e. The van der Waals surface area contributed by atoms with Gasteiger partial charge in [0.15, 0.2) is 0 Å². The van der Waals surface area contributed by atoms with E-state index in [0.29, 0.717) is 10.8 Å². The van der Waals surface area contributed by atoms with Gasteiger partial charge in [0.25, 0.3) is 0 Å². The molecule has 0 aromatic heterocycles. The summed E-state index contributed by atoms with van der Waals surface area (Å²) in [5.74, 6) is 0.793. The van der Waals surface area contributed by atoms with Crippen LogP contribution < -0.4 is 5.32 Å². The summed E-state index contributed by atoms with van der Waals surface area (Å²) in [6.07, 6.45) is 5.13. The third-order valence-corrected chi connectivity index (χ3v) is 6.10. The molecule has 3 rings (SSSR count). The molecule has 1 aromatic carbocycles. The summed E-state index contributed by atoms with van der Waals surface area (Å²) in [7, 11) is 0. The number of ether oxygens (including phenoxy) is 1. The monoisotopic (exact) mass is 291 g/mol. The van der Waals surface area contributed by atoms with E-state index in [-0.39, 0.29) is 0 Å². The molecule has 0 spiro atoms. The van der Waals surface area contributed by atoms with Gasteiger partial charge in [-0.25, -0.2) is 0 Å². The Hall–Kier alpha value is -0.510. The molecule has 2 fully saturated rings. The fourth-order valence-corrected chi connectivity index (χ4v) is 4.18. The molecule has 1 aliphatic carbocycles. The van der Waals surface area contributed by atoms with Crippen LogP contribution in [0.2, 0.25) is 0 Å². The number of benzene rings is 1. The van der Waals surface area contributed by atoms with Gasteiger partial charge in [-0.15, -0.1) is 11.8 Å². The molecule has 110 valence electrons. The van der Waals surface area contributed by atoms with Crippen LogP contribution in [0.3, 0.4) is 0 Å². The standard InChI is InChI=1S/C17H25NOS/c1-14(15-7-11-19-12-8-15)18-13-17(9-10-17)20-16-5-3-2-4-6-16/h2-6,14-15,18H,7-13H2,1H3/t14-/m1/s1. The van der Waals surface area contributed by atoms with Crippen molar-refractivity contribution in [2.24, 2.45) is 5.92 Å². The quantitative estimate of drug-likeness (QED) is 0.863. The Morgan fingerprint density at radius 3 is 2.60 bits per heavy atom. The van der Waals surface area contributed by atoms with E-state index in [9.17, 15) is 0 Å². The van der Waals surface area contributed by atoms with Gasteiger partial charge in [0.2, 0.25) is 0 Å². The molecule has 2 nitrogen and oxygen atoms in total. The Morgan fingerprint density at radius 1 is 1.25 bits per heavy atom. The molecule has 0 radical (unpaired) electrons. The van der Waals surface area contributed by atoms with E-state index < -0.39 is 0 Å². The first-order valence-corrected chi connectivity index (χ1v) is 8.64. The molecule has 0 bridgehead atoms. The highest BCUT2D eigenvalue weighted by atomic mass is 32.2. The van der Waals surface area contributed by atoms with Gasteiger partial charge in [-0.2, -0.15) is 0 Å². The highest BCUT2D eigenvalue weighted by molar-refractivity contribution is 8.01. The molecular formula is C17H25NOS. The van der Waals surface area contributed by atoms with Gasteiger partial charge in [-0.05, 0) is 50.7 Å². The minimum absolute atomic E-state index is 0.459. The fraction of sp³-hybridized carbons (Fsp3) is 0.647. The average Bonchev–Trinajstić information content (AvgIpc) is 3.27. The van der Waals surface area contributed by atoms with Crippen LogP contribution in [0.1, 0.15) is 32.6 Å². The second kappa shape index (κ2) is 6.50. The second-order valence-electron chi connectivity index (χ2n) is 6.22. The molecule has 3 heteroatoms. The normalized spacial score (nSPS) is 23.4. The minimum atomic E-state index is 0.459. The Labute approximate surface area is 126 Å². The van der Waals surface area contributed by atoms with Gasteiger partial charge in [-0.3, -0.25) is 0 Å². The number of hydrogen-bond donors (Lipinski definition) is 1. The predicted molar refractivity (Wildman–Crippen MR) is 85.3 cm³/mol. The SMILES string of the molecule is C[C@@H](NCC1(Sc2ccccc2)CC1)C1CCOCC1. The van der Waals surface area contributed by atoms with Crippen LogP contribution in [0, 0.1) is 5.92 Å². The topological polar surface area (TPSA) is 21.3 Å². The summed E-state index contributed by atoms with van der Waals surface area (Å²) in [5, 5.41) is 3.80. The van der Waals surface area contributed by atoms with E-state index in [2.05, 4.69) is 54.3 Å². The zero-order valence-electron chi connectivity index (χ0n) is 12.3. The summed E-state index contributed by atoms with van der Waals surface area (Å²) in [5.41, 5.74) is 0.